The van der Waals surface area contributed by atoms with Gasteiger partial charge in [0.2, 0.25) is 10.0 Å². The van der Waals surface area contributed by atoms with Crippen molar-refractivity contribution in [2.24, 2.45) is 0 Å². The van der Waals surface area contributed by atoms with E-state index in [1.807, 2.05) is 0 Å². The number of aromatic nitrogens is 1. The lowest BCUT2D eigenvalue weighted by Gasteiger charge is -2.15. The minimum Gasteiger partial charge on any atom is -0.515 e. The number of sulfonamides is 1. The molecule has 6 nitrogen and oxygen atoms in total. The fraction of sp³-hybridized carbons (Fsp3) is 0.0769. The fourth-order valence-corrected chi connectivity index (χ4v) is 3.30. The third-order valence-corrected chi connectivity index (χ3v) is 4.66. The third kappa shape index (κ3) is 4.68. The molecule has 0 saturated heterocycles. The Bertz CT molecular complexity index is 818. The van der Waals surface area contributed by atoms with Gasteiger partial charge in [0.05, 0.1) is 4.90 Å². The number of hydrogen-bond donors (Lipinski definition) is 1. The van der Waals surface area contributed by atoms with Crippen molar-refractivity contribution in [3.63, 3.8) is 0 Å². The number of nitrogens with one attached hydrogen (secondary N) is 1. The van der Waals surface area contributed by atoms with Crippen molar-refractivity contribution in [1.29, 1.82) is 0 Å². The Morgan fingerprint density at radius 3 is 2.39 bits per heavy atom. The van der Waals surface area contributed by atoms with Crippen LogP contribution in [0, 0.1) is 0 Å². The monoisotopic (exact) mass is 372 g/mol. The Morgan fingerprint density at radius 1 is 1.17 bits per heavy atom. The number of nitrogens with zero attached hydrogens (tertiary/aromatic N) is 1. The summed E-state index contributed by atoms with van der Waals surface area (Å²) in [5.74, 6) is -0.684. The normalized spacial score (nSPS) is 11.1. The molecule has 0 amide bonds. The lowest BCUT2D eigenvalue weighted by Crippen LogP contribution is -2.51. The van der Waals surface area contributed by atoms with Crippen LogP contribution in [0.4, 0.5) is 0 Å². The van der Waals surface area contributed by atoms with Gasteiger partial charge in [-0.15, -0.1) is 0 Å². The van der Waals surface area contributed by atoms with Gasteiger partial charge < -0.3 is 4.65 Å². The molecule has 1 heterocycles. The highest BCUT2D eigenvalue weighted by Crippen LogP contribution is 2.12. The molecule has 0 fully saturated rings. The molecule has 23 heavy (non-hydrogen) atoms. The molecule has 0 atom stereocenters. The summed E-state index contributed by atoms with van der Waals surface area (Å²) in [6, 6.07) is 10.5. The summed E-state index contributed by atoms with van der Waals surface area (Å²) < 4.78 is 32.1. The van der Waals surface area contributed by atoms with Crippen LogP contribution in [0.1, 0.15) is 6.92 Å². The molecule has 0 aliphatic heterocycles. The molecule has 0 aliphatic carbocycles. The van der Waals surface area contributed by atoms with Gasteiger partial charge in [-0.1, -0.05) is 47.5 Å². The van der Waals surface area contributed by atoms with Crippen molar-refractivity contribution in [2.75, 3.05) is 0 Å². The largest absolute Gasteiger partial charge is 0.515 e. The molecule has 0 radical (unpaired) electrons. The van der Waals surface area contributed by atoms with E-state index in [-0.39, 0.29) is 20.7 Å². The molecule has 0 spiro atoms. The molecule has 0 bridgehead atoms. The van der Waals surface area contributed by atoms with Crippen LogP contribution in [0.5, 0.6) is 0 Å². The van der Waals surface area contributed by atoms with Crippen LogP contribution >= 0.6 is 23.2 Å². The molecule has 2 aromatic rings. The van der Waals surface area contributed by atoms with Crippen molar-refractivity contribution < 1.29 is 17.9 Å². The van der Waals surface area contributed by atoms with E-state index in [1.165, 1.54) is 24.3 Å². The number of carbonyl (C=O) groups excluding carboxylic acids is 1. The van der Waals surface area contributed by atoms with E-state index in [2.05, 4.69) is 9.62 Å². The molecule has 1 aromatic heterocycles. The van der Waals surface area contributed by atoms with Gasteiger partial charge in [0.25, 0.3) is 5.97 Å². The average Bonchev–Trinajstić information content (AvgIpc) is 2.46. The lowest BCUT2D eigenvalue weighted by atomic mass is 9.76. The summed E-state index contributed by atoms with van der Waals surface area (Å²) in [6.07, 6.45) is 0. The predicted octanol–water partition coefficient (Wildman–Crippen LogP) is 1.63. The number of halogens is 2. The molecule has 0 unspecified atom stereocenters. The van der Waals surface area contributed by atoms with E-state index in [0.717, 1.165) is 6.92 Å². The highest BCUT2D eigenvalue weighted by molar-refractivity contribution is 7.90. The topological polar surface area (TPSA) is 85.4 Å². The number of benzene rings is 1. The Kier molecular flexibility index (Phi) is 5.64. The first-order valence-electron chi connectivity index (χ1n) is 6.36. The van der Waals surface area contributed by atoms with Crippen LogP contribution in [-0.4, -0.2) is 26.4 Å². The van der Waals surface area contributed by atoms with Crippen LogP contribution in [-0.2, 0) is 19.5 Å². The Hall–Kier alpha value is -1.61. The zero-order valence-corrected chi connectivity index (χ0v) is 14.2. The minimum absolute atomic E-state index is 0.0233. The maximum atomic E-state index is 12.4. The van der Waals surface area contributed by atoms with Crippen LogP contribution in [0.3, 0.4) is 0 Å². The first-order chi connectivity index (χ1) is 10.8. The van der Waals surface area contributed by atoms with Crippen LogP contribution < -0.4 is 10.1 Å². The van der Waals surface area contributed by atoms with Gasteiger partial charge in [0.15, 0.2) is 0 Å². The predicted molar refractivity (Wildman–Crippen MR) is 88.2 cm³/mol. The molecule has 120 valence electrons. The minimum atomic E-state index is -3.93. The zero-order valence-electron chi connectivity index (χ0n) is 11.9. The third-order valence-electron chi connectivity index (χ3n) is 2.73. The van der Waals surface area contributed by atoms with Gasteiger partial charge in [-0.05, 0) is 18.2 Å². The van der Waals surface area contributed by atoms with Crippen molar-refractivity contribution >= 4 is 51.7 Å². The van der Waals surface area contributed by atoms with E-state index < -0.39 is 23.0 Å². The summed E-state index contributed by atoms with van der Waals surface area (Å²) >= 11 is 11.7. The highest BCUT2D eigenvalue weighted by atomic mass is 35.5. The van der Waals surface area contributed by atoms with Crippen molar-refractivity contribution in [3.8, 4) is 0 Å². The van der Waals surface area contributed by atoms with Gasteiger partial charge in [-0.2, -0.15) is 0 Å². The SMILES string of the molecule is CC(=O)OB(NS(=O)(=O)c1ccccc1)c1ccc(Cl)nc1Cl. The molecular weight excluding hydrogens is 362 g/mol. The Labute approximate surface area is 144 Å². The maximum absolute atomic E-state index is 12.4. The summed E-state index contributed by atoms with van der Waals surface area (Å²) in [4.78, 5) is 15.1. The molecular formula is C13H11BCl2N2O4S. The van der Waals surface area contributed by atoms with Crippen molar-refractivity contribution in [2.45, 2.75) is 11.8 Å². The van der Waals surface area contributed by atoms with E-state index in [4.69, 9.17) is 27.9 Å². The molecule has 0 saturated carbocycles. The summed E-state index contributed by atoms with van der Waals surface area (Å²) in [5, 5.41) is 0.0609. The smallest absolute Gasteiger partial charge is 0.502 e. The number of rotatable bonds is 5. The van der Waals surface area contributed by atoms with E-state index in [0.29, 0.717) is 0 Å². The quantitative estimate of drug-likeness (QED) is 0.636. The maximum Gasteiger partial charge on any atom is 0.502 e. The second-order valence-electron chi connectivity index (χ2n) is 4.44. The Morgan fingerprint density at radius 2 is 1.83 bits per heavy atom. The first kappa shape index (κ1) is 17.7. The van der Waals surface area contributed by atoms with Crippen LogP contribution in [0.25, 0.3) is 0 Å². The molecule has 10 heteroatoms. The highest BCUT2D eigenvalue weighted by Gasteiger charge is 2.32. The van der Waals surface area contributed by atoms with E-state index in [1.54, 1.807) is 18.2 Å². The number of pyridine rings is 1. The van der Waals surface area contributed by atoms with E-state index in [9.17, 15) is 13.2 Å². The first-order valence-corrected chi connectivity index (χ1v) is 8.60. The summed E-state index contributed by atoms with van der Waals surface area (Å²) in [6.45, 7) is 1.15. The number of carbonyl (C=O) groups is 1. The van der Waals surface area contributed by atoms with Crippen molar-refractivity contribution in [1.82, 2.24) is 9.62 Å². The van der Waals surface area contributed by atoms with Crippen LogP contribution in [0.2, 0.25) is 10.3 Å². The average molecular weight is 373 g/mol. The number of hydrogen-bond acceptors (Lipinski definition) is 5. The van der Waals surface area contributed by atoms with Gasteiger partial charge in [-0.3, -0.25) is 4.79 Å². The molecule has 1 aromatic carbocycles. The lowest BCUT2D eigenvalue weighted by molar-refractivity contribution is -0.132. The van der Waals surface area contributed by atoms with Gasteiger partial charge in [-0.25, -0.2) is 18.0 Å². The van der Waals surface area contributed by atoms with Crippen molar-refractivity contribution in [3.05, 3.63) is 52.8 Å². The second-order valence-corrected chi connectivity index (χ2v) is 6.90. The van der Waals surface area contributed by atoms with E-state index >= 15 is 0 Å². The second kappa shape index (κ2) is 7.31. The van der Waals surface area contributed by atoms with Gasteiger partial charge >= 0.3 is 7.05 Å². The fourth-order valence-electron chi connectivity index (χ4n) is 1.74. The van der Waals surface area contributed by atoms with Gasteiger partial charge in [0, 0.05) is 12.4 Å². The molecule has 1 N–H and O–H groups in total. The zero-order chi connectivity index (χ0) is 17.0. The molecule has 0 aliphatic rings. The molecule has 2 rings (SSSR count). The van der Waals surface area contributed by atoms with Gasteiger partial charge in [0.1, 0.15) is 10.3 Å². The standard InChI is InChI=1S/C13H11BCl2N2O4S/c1-9(19)22-14(11-7-8-12(15)17-13(11)16)18-23(20,21)10-5-3-2-4-6-10/h2-8,18H,1H3. The van der Waals surface area contributed by atoms with Crippen LogP contribution in [0.15, 0.2) is 47.4 Å². The Balaban J connectivity index is 2.38. The summed E-state index contributed by atoms with van der Waals surface area (Å²) in [7, 11) is -5.25. The summed E-state index contributed by atoms with van der Waals surface area (Å²) in [5.41, 5.74) is 0.172.